The Kier molecular flexibility index (Phi) is 6.27. The van der Waals surface area contributed by atoms with Gasteiger partial charge in [-0.3, -0.25) is 9.80 Å². The molecule has 30 heavy (non-hydrogen) atoms. The van der Waals surface area contributed by atoms with Crippen LogP contribution < -0.4 is 9.91 Å². The molecule has 8 nitrogen and oxygen atoms in total. The molecular formula is C21H25N5O3S. The number of carbonyl (C=O) groups excluding carboxylic acids is 2. The van der Waals surface area contributed by atoms with Crippen molar-refractivity contribution in [3.63, 3.8) is 0 Å². The molecule has 1 saturated heterocycles. The van der Waals surface area contributed by atoms with Gasteiger partial charge in [-0.05, 0) is 25.5 Å². The Bertz CT molecular complexity index is 903. The summed E-state index contributed by atoms with van der Waals surface area (Å²) in [5.74, 6) is -0.470. The highest BCUT2D eigenvalue weighted by atomic mass is 32.1. The van der Waals surface area contributed by atoms with E-state index in [0.717, 1.165) is 30.3 Å². The summed E-state index contributed by atoms with van der Waals surface area (Å²) in [6, 6.07) is 8.95. The summed E-state index contributed by atoms with van der Waals surface area (Å²) in [7, 11) is 0. The number of carbonyl (C=O) groups is 2. The van der Waals surface area contributed by atoms with E-state index in [2.05, 4.69) is 15.0 Å². The number of hydrogen-bond donors (Lipinski definition) is 0. The average molecular weight is 428 g/mol. The lowest BCUT2D eigenvalue weighted by atomic mass is 10.1. The van der Waals surface area contributed by atoms with Crippen LogP contribution in [0, 0.1) is 0 Å². The number of rotatable bonds is 5. The molecule has 9 heteroatoms. The zero-order valence-corrected chi connectivity index (χ0v) is 17.8. The molecule has 0 N–H and O–H groups in total. The van der Waals surface area contributed by atoms with Crippen LogP contribution in [0.5, 0.6) is 0 Å². The highest BCUT2D eigenvalue weighted by molar-refractivity contribution is 7.13. The molecule has 0 aliphatic carbocycles. The lowest BCUT2D eigenvalue weighted by molar-refractivity contribution is -0.135. The molecule has 1 fully saturated rings. The van der Waals surface area contributed by atoms with Gasteiger partial charge in [-0.2, -0.15) is 5.10 Å². The minimum Gasteiger partial charge on any atom is -0.461 e. The van der Waals surface area contributed by atoms with Gasteiger partial charge >= 0.3 is 5.97 Å². The fourth-order valence-electron chi connectivity index (χ4n) is 3.77. The Balaban J connectivity index is 1.50. The van der Waals surface area contributed by atoms with E-state index in [4.69, 9.17) is 4.74 Å². The maximum absolute atomic E-state index is 13.5. The summed E-state index contributed by atoms with van der Waals surface area (Å²) in [4.78, 5) is 34.3. The summed E-state index contributed by atoms with van der Waals surface area (Å²) in [5.41, 5.74) is 1.08. The zero-order chi connectivity index (χ0) is 20.9. The van der Waals surface area contributed by atoms with E-state index in [-0.39, 0.29) is 18.9 Å². The third-order valence-electron chi connectivity index (χ3n) is 5.22. The van der Waals surface area contributed by atoms with Crippen molar-refractivity contribution < 1.29 is 14.3 Å². The number of aromatic nitrogens is 1. The summed E-state index contributed by atoms with van der Waals surface area (Å²) in [6.45, 7) is 4.94. The first-order valence-electron chi connectivity index (χ1n) is 10.2. The van der Waals surface area contributed by atoms with Gasteiger partial charge in [0, 0.05) is 44.2 Å². The number of hydrogen-bond acceptors (Lipinski definition) is 8. The van der Waals surface area contributed by atoms with Crippen molar-refractivity contribution >= 4 is 39.7 Å². The standard InChI is InChI=1S/C21H25N5O3S/c1-2-29-20(28)17-15-18(26(23-17)16-7-4-3-5-8-16)19(27)24-10-6-11-25(13-12-24)21-22-9-14-30-21/h3-5,7-9,14,18H,2,6,10-13,15H2,1H3. The molecule has 1 aromatic heterocycles. The van der Waals surface area contributed by atoms with E-state index in [1.165, 1.54) is 0 Å². The van der Waals surface area contributed by atoms with Gasteiger partial charge in [0.15, 0.2) is 5.13 Å². The van der Waals surface area contributed by atoms with Gasteiger partial charge in [-0.1, -0.05) is 18.2 Å². The van der Waals surface area contributed by atoms with Crippen LogP contribution in [0.3, 0.4) is 0 Å². The Labute approximate surface area is 179 Å². The Morgan fingerprint density at radius 1 is 1.17 bits per heavy atom. The number of hydrazone groups is 1. The van der Waals surface area contributed by atoms with Crippen molar-refractivity contribution in [2.24, 2.45) is 5.10 Å². The van der Waals surface area contributed by atoms with Crippen LogP contribution in [0.1, 0.15) is 19.8 Å². The molecule has 2 aliphatic heterocycles. The zero-order valence-electron chi connectivity index (χ0n) is 16.9. The van der Waals surface area contributed by atoms with Gasteiger partial charge < -0.3 is 14.5 Å². The number of benzene rings is 1. The van der Waals surface area contributed by atoms with Crippen molar-refractivity contribution in [1.82, 2.24) is 9.88 Å². The molecule has 4 rings (SSSR count). The van der Waals surface area contributed by atoms with Crippen LogP contribution in [0.2, 0.25) is 0 Å². The largest absolute Gasteiger partial charge is 0.461 e. The molecular weight excluding hydrogens is 402 g/mol. The lowest BCUT2D eigenvalue weighted by Gasteiger charge is -2.29. The van der Waals surface area contributed by atoms with Gasteiger partial charge in [0.2, 0.25) is 5.91 Å². The quantitative estimate of drug-likeness (QED) is 0.682. The number of thiazole rings is 1. The average Bonchev–Trinajstić information content (AvgIpc) is 3.40. The monoisotopic (exact) mass is 427 g/mol. The molecule has 2 aliphatic rings. The molecule has 2 aromatic rings. The maximum atomic E-state index is 13.5. The van der Waals surface area contributed by atoms with Crippen molar-refractivity contribution in [3.05, 3.63) is 41.9 Å². The summed E-state index contributed by atoms with van der Waals surface area (Å²) in [6.07, 6.45) is 2.92. The van der Waals surface area contributed by atoms with Crippen molar-refractivity contribution in [2.75, 3.05) is 42.7 Å². The molecule has 1 unspecified atom stereocenters. The van der Waals surface area contributed by atoms with Gasteiger partial charge in [-0.15, -0.1) is 11.3 Å². The molecule has 158 valence electrons. The number of amides is 1. The minimum absolute atomic E-state index is 0.0112. The molecule has 1 amide bonds. The highest BCUT2D eigenvalue weighted by Crippen LogP contribution is 2.27. The topological polar surface area (TPSA) is 78.3 Å². The number of esters is 1. The van der Waals surface area contributed by atoms with E-state index in [1.54, 1.807) is 29.5 Å². The van der Waals surface area contributed by atoms with Crippen molar-refractivity contribution in [1.29, 1.82) is 0 Å². The molecule has 0 saturated carbocycles. The number of ether oxygens (including phenoxy) is 1. The summed E-state index contributed by atoms with van der Waals surface area (Å²) >= 11 is 1.61. The Hall–Kier alpha value is -2.94. The predicted molar refractivity (Wildman–Crippen MR) is 117 cm³/mol. The lowest BCUT2D eigenvalue weighted by Crippen LogP contribution is -2.46. The van der Waals surface area contributed by atoms with E-state index < -0.39 is 12.0 Å². The molecule has 1 aromatic carbocycles. The van der Waals surface area contributed by atoms with Crippen LogP contribution in [-0.4, -0.2) is 66.3 Å². The second kappa shape index (κ2) is 9.25. The number of nitrogens with zero attached hydrogens (tertiary/aromatic N) is 5. The Morgan fingerprint density at radius 2 is 2.00 bits per heavy atom. The second-order valence-electron chi connectivity index (χ2n) is 7.15. The van der Waals surface area contributed by atoms with Gasteiger partial charge in [0.05, 0.1) is 12.3 Å². The first kappa shape index (κ1) is 20.3. The fourth-order valence-corrected chi connectivity index (χ4v) is 4.47. The van der Waals surface area contributed by atoms with Crippen LogP contribution >= 0.6 is 11.3 Å². The van der Waals surface area contributed by atoms with Crippen LogP contribution in [0.4, 0.5) is 10.8 Å². The maximum Gasteiger partial charge on any atom is 0.354 e. The number of para-hydroxylation sites is 1. The fraction of sp³-hybridized carbons (Fsp3) is 0.429. The molecule has 0 spiro atoms. The smallest absolute Gasteiger partial charge is 0.354 e. The predicted octanol–water partition coefficient (Wildman–Crippen LogP) is 2.38. The third-order valence-corrected chi connectivity index (χ3v) is 6.06. The van der Waals surface area contributed by atoms with Crippen molar-refractivity contribution in [3.8, 4) is 0 Å². The summed E-state index contributed by atoms with van der Waals surface area (Å²) in [5, 5.41) is 9.08. The highest BCUT2D eigenvalue weighted by Gasteiger charge is 2.39. The van der Waals surface area contributed by atoms with E-state index in [9.17, 15) is 9.59 Å². The van der Waals surface area contributed by atoms with Gasteiger partial charge in [-0.25, -0.2) is 9.78 Å². The van der Waals surface area contributed by atoms with E-state index in [1.807, 2.05) is 40.6 Å². The first-order chi connectivity index (χ1) is 14.7. The molecule has 0 bridgehead atoms. The molecule has 1 atom stereocenters. The van der Waals surface area contributed by atoms with E-state index >= 15 is 0 Å². The minimum atomic E-state index is -0.543. The van der Waals surface area contributed by atoms with Crippen LogP contribution in [-0.2, 0) is 14.3 Å². The molecule has 0 radical (unpaired) electrons. The second-order valence-corrected chi connectivity index (χ2v) is 8.02. The summed E-state index contributed by atoms with van der Waals surface area (Å²) < 4.78 is 5.13. The third kappa shape index (κ3) is 4.30. The van der Waals surface area contributed by atoms with Gasteiger partial charge in [0.1, 0.15) is 11.8 Å². The Morgan fingerprint density at radius 3 is 2.73 bits per heavy atom. The van der Waals surface area contributed by atoms with Gasteiger partial charge in [0.25, 0.3) is 0 Å². The molecule has 3 heterocycles. The SMILES string of the molecule is CCOC(=O)C1=NN(c2ccccc2)C(C(=O)N2CCCN(c3nccs3)CC2)C1. The normalized spacial score (nSPS) is 19.4. The van der Waals surface area contributed by atoms with Crippen LogP contribution in [0.15, 0.2) is 47.0 Å². The number of anilines is 2. The van der Waals surface area contributed by atoms with Crippen LogP contribution in [0.25, 0.3) is 0 Å². The van der Waals surface area contributed by atoms with E-state index in [0.29, 0.717) is 18.8 Å². The van der Waals surface area contributed by atoms with Crippen molar-refractivity contribution in [2.45, 2.75) is 25.8 Å². The first-order valence-corrected chi connectivity index (χ1v) is 11.1.